The van der Waals surface area contributed by atoms with Gasteiger partial charge in [0.15, 0.2) is 0 Å². The lowest BCUT2D eigenvalue weighted by Gasteiger charge is -2.07. The van der Waals surface area contributed by atoms with Gasteiger partial charge in [-0.2, -0.15) is 0 Å². The first-order valence-corrected chi connectivity index (χ1v) is 4.38. The molecule has 0 radical (unpaired) electrons. The number of hydrogen-bond donors (Lipinski definition) is 0. The van der Waals surface area contributed by atoms with E-state index in [9.17, 15) is 9.59 Å². The number of carbonyl (C=O) groups is 2. The zero-order valence-electron chi connectivity index (χ0n) is 8.19. The molecule has 0 aliphatic carbocycles. The first-order valence-electron chi connectivity index (χ1n) is 4.38. The van der Waals surface area contributed by atoms with Gasteiger partial charge in [-0.05, 0) is 26.0 Å². The number of hydrogen-bond acceptors (Lipinski definition) is 3. The van der Waals surface area contributed by atoms with Crippen LogP contribution < -0.4 is 4.74 Å². The molecule has 14 heavy (non-hydrogen) atoms. The number of benzene rings is 1. The second kappa shape index (κ2) is 4.56. The molecule has 0 aliphatic heterocycles. The van der Waals surface area contributed by atoms with Crippen molar-refractivity contribution < 1.29 is 14.3 Å². The lowest BCUT2D eigenvalue weighted by Crippen LogP contribution is -2.23. The molecular weight excluding hydrogens is 180 g/mol. The van der Waals surface area contributed by atoms with Crippen LogP contribution >= 0.6 is 0 Å². The van der Waals surface area contributed by atoms with E-state index in [4.69, 9.17) is 4.74 Å². The van der Waals surface area contributed by atoms with Gasteiger partial charge in [0.1, 0.15) is 17.5 Å². The van der Waals surface area contributed by atoms with Crippen molar-refractivity contribution in [2.45, 2.75) is 13.8 Å². The van der Waals surface area contributed by atoms with Gasteiger partial charge in [0, 0.05) is 0 Å². The van der Waals surface area contributed by atoms with Crippen LogP contribution in [0.5, 0.6) is 5.75 Å². The average Bonchev–Trinajstić information content (AvgIpc) is 2.18. The highest BCUT2D eigenvalue weighted by atomic mass is 16.5. The average molecular weight is 192 g/mol. The number of para-hydroxylation sites is 1. The summed E-state index contributed by atoms with van der Waals surface area (Å²) in [5.74, 6) is -0.935. The van der Waals surface area contributed by atoms with Gasteiger partial charge in [-0.15, -0.1) is 0 Å². The van der Waals surface area contributed by atoms with Crippen LogP contribution in [-0.2, 0) is 9.59 Å². The molecule has 1 aromatic rings. The van der Waals surface area contributed by atoms with Gasteiger partial charge in [-0.3, -0.25) is 9.59 Å². The van der Waals surface area contributed by atoms with Crippen molar-refractivity contribution in [2.24, 2.45) is 5.92 Å². The summed E-state index contributed by atoms with van der Waals surface area (Å²) >= 11 is 0. The van der Waals surface area contributed by atoms with Crippen molar-refractivity contribution in [2.75, 3.05) is 0 Å². The Hall–Kier alpha value is -1.64. The van der Waals surface area contributed by atoms with E-state index in [1.54, 1.807) is 24.3 Å². The fraction of sp³-hybridized carbons (Fsp3) is 0.273. The van der Waals surface area contributed by atoms with Gasteiger partial charge in [0.2, 0.25) is 0 Å². The third-order valence-corrected chi connectivity index (χ3v) is 1.92. The van der Waals surface area contributed by atoms with Crippen molar-refractivity contribution in [3.05, 3.63) is 30.3 Å². The van der Waals surface area contributed by atoms with Crippen LogP contribution in [0.15, 0.2) is 30.3 Å². The summed E-state index contributed by atoms with van der Waals surface area (Å²) in [5.41, 5.74) is 0. The Kier molecular flexibility index (Phi) is 3.40. The lowest BCUT2D eigenvalue weighted by molar-refractivity contribution is -0.142. The number of rotatable bonds is 3. The van der Waals surface area contributed by atoms with E-state index in [1.165, 1.54) is 13.8 Å². The second-order valence-electron chi connectivity index (χ2n) is 3.07. The van der Waals surface area contributed by atoms with Crippen molar-refractivity contribution in [1.29, 1.82) is 0 Å². The maximum atomic E-state index is 11.3. The molecule has 1 rings (SSSR count). The summed E-state index contributed by atoms with van der Waals surface area (Å²) < 4.78 is 4.98. The van der Waals surface area contributed by atoms with Gasteiger partial charge >= 0.3 is 5.97 Å². The number of carbonyl (C=O) groups excluding carboxylic acids is 2. The standard InChI is InChI=1S/C11H12O3/c1-8(9(2)12)11(13)14-10-6-4-3-5-7-10/h3-8H,1-2H3. The summed E-state index contributed by atoms with van der Waals surface area (Å²) in [6, 6.07) is 8.70. The summed E-state index contributed by atoms with van der Waals surface area (Å²) in [6.45, 7) is 2.91. The monoisotopic (exact) mass is 192 g/mol. The minimum atomic E-state index is -0.699. The summed E-state index contributed by atoms with van der Waals surface area (Å²) in [5, 5.41) is 0. The Morgan fingerprint density at radius 3 is 2.29 bits per heavy atom. The number of ketones is 1. The van der Waals surface area contributed by atoms with Gasteiger partial charge in [-0.1, -0.05) is 18.2 Å². The molecular formula is C11H12O3. The molecule has 3 heteroatoms. The highest BCUT2D eigenvalue weighted by Gasteiger charge is 2.19. The smallest absolute Gasteiger partial charge is 0.321 e. The van der Waals surface area contributed by atoms with E-state index in [0.29, 0.717) is 5.75 Å². The van der Waals surface area contributed by atoms with Crippen LogP contribution in [0, 0.1) is 5.92 Å². The van der Waals surface area contributed by atoms with Crippen LogP contribution in [0.3, 0.4) is 0 Å². The van der Waals surface area contributed by atoms with Gasteiger partial charge < -0.3 is 4.74 Å². The van der Waals surface area contributed by atoms with Gasteiger partial charge in [-0.25, -0.2) is 0 Å². The van der Waals surface area contributed by atoms with E-state index in [0.717, 1.165) is 0 Å². The van der Waals surface area contributed by atoms with Crippen molar-refractivity contribution in [3.63, 3.8) is 0 Å². The molecule has 0 spiro atoms. The molecule has 0 bridgehead atoms. The van der Waals surface area contributed by atoms with Gasteiger partial charge in [0.25, 0.3) is 0 Å². The number of ether oxygens (including phenoxy) is 1. The molecule has 0 aliphatic rings. The Morgan fingerprint density at radius 2 is 1.79 bits per heavy atom. The first-order chi connectivity index (χ1) is 6.61. The van der Waals surface area contributed by atoms with Crippen molar-refractivity contribution >= 4 is 11.8 Å². The molecule has 0 amide bonds. The fourth-order valence-electron chi connectivity index (χ4n) is 0.859. The van der Waals surface area contributed by atoms with Crippen LogP contribution in [0.4, 0.5) is 0 Å². The zero-order valence-corrected chi connectivity index (χ0v) is 8.19. The molecule has 1 aromatic carbocycles. The first kappa shape index (κ1) is 10.4. The lowest BCUT2D eigenvalue weighted by atomic mass is 10.1. The largest absolute Gasteiger partial charge is 0.426 e. The zero-order chi connectivity index (χ0) is 10.6. The highest BCUT2D eigenvalue weighted by molar-refractivity contribution is 5.97. The van der Waals surface area contributed by atoms with E-state index in [1.807, 2.05) is 6.07 Å². The Balaban J connectivity index is 2.62. The SMILES string of the molecule is CC(=O)C(C)C(=O)Oc1ccccc1. The molecule has 0 N–H and O–H groups in total. The maximum absolute atomic E-state index is 11.3. The topological polar surface area (TPSA) is 43.4 Å². The number of esters is 1. The Labute approximate surface area is 82.7 Å². The third kappa shape index (κ3) is 2.69. The van der Waals surface area contributed by atoms with E-state index >= 15 is 0 Å². The summed E-state index contributed by atoms with van der Waals surface area (Å²) in [4.78, 5) is 22.2. The predicted octanol–water partition coefficient (Wildman–Crippen LogP) is 1.82. The molecule has 0 heterocycles. The Bertz CT molecular complexity index is 330. The summed E-state index contributed by atoms with van der Waals surface area (Å²) in [6.07, 6.45) is 0. The molecule has 0 saturated heterocycles. The summed E-state index contributed by atoms with van der Waals surface area (Å²) in [7, 11) is 0. The molecule has 1 unspecified atom stereocenters. The van der Waals surface area contributed by atoms with E-state index in [2.05, 4.69) is 0 Å². The van der Waals surface area contributed by atoms with Crippen molar-refractivity contribution in [1.82, 2.24) is 0 Å². The molecule has 1 atom stereocenters. The van der Waals surface area contributed by atoms with Crippen LogP contribution in [0.1, 0.15) is 13.8 Å². The quantitative estimate of drug-likeness (QED) is 0.417. The molecule has 74 valence electrons. The van der Waals surface area contributed by atoms with Crippen LogP contribution in [-0.4, -0.2) is 11.8 Å². The minimum absolute atomic E-state index is 0.189. The predicted molar refractivity (Wildman–Crippen MR) is 51.9 cm³/mol. The van der Waals surface area contributed by atoms with Crippen LogP contribution in [0.25, 0.3) is 0 Å². The second-order valence-corrected chi connectivity index (χ2v) is 3.07. The molecule has 0 saturated carbocycles. The fourth-order valence-corrected chi connectivity index (χ4v) is 0.859. The Morgan fingerprint density at radius 1 is 1.21 bits per heavy atom. The van der Waals surface area contributed by atoms with Gasteiger partial charge in [0.05, 0.1) is 0 Å². The maximum Gasteiger partial charge on any atom is 0.321 e. The molecule has 0 aromatic heterocycles. The number of Topliss-reactive ketones (excluding diaryl/α,β-unsaturated/α-hetero) is 1. The van der Waals surface area contributed by atoms with Crippen LogP contribution in [0.2, 0.25) is 0 Å². The third-order valence-electron chi connectivity index (χ3n) is 1.92. The molecule has 0 fully saturated rings. The van der Waals surface area contributed by atoms with Crippen molar-refractivity contribution in [3.8, 4) is 5.75 Å². The normalized spacial score (nSPS) is 11.9. The van der Waals surface area contributed by atoms with E-state index in [-0.39, 0.29) is 5.78 Å². The van der Waals surface area contributed by atoms with E-state index < -0.39 is 11.9 Å². The molecule has 3 nitrogen and oxygen atoms in total. The highest BCUT2D eigenvalue weighted by Crippen LogP contribution is 2.11. The minimum Gasteiger partial charge on any atom is -0.426 e.